The highest BCUT2D eigenvalue weighted by Gasteiger charge is 2.09. The van der Waals surface area contributed by atoms with Crippen LogP contribution < -0.4 is 10.6 Å². The number of nitrogens with zero attached hydrogens (tertiary/aromatic N) is 3. The molecule has 142 valence electrons. The van der Waals surface area contributed by atoms with Gasteiger partial charge in [0.2, 0.25) is 0 Å². The van der Waals surface area contributed by atoms with Gasteiger partial charge in [0.1, 0.15) is 0 Å². The SMILES string of the molecule is CCNC(=NCC(C)Sc1ccccc1)NCCc1c(C)nn(C)c1C. The molecule has 0 aliphatic carbocycles. The molecular weight excluding hydrogens is 342 g/mol. The van der Waals surface area contributed by atoms with E-state index in [-0.39, 0.29) is 0 Å². The second-order valence-corrected chi connectivity index (χ2v) is 7.92. The summed E-state index contributed by atoms with van der Waals surface area (Å²) in [6.45, 7) is 11.0. The van der Waals surface area contributed by atoms with Crippen molar-refractivity contribution >= 4 is 17.7 Å². The number of hydrogen-bond donors (Lipinski definition) is 2. The number of aliphatic imine (C=N–C) groups is 1. The largest absolute Gasteiger partial charge is 0.357 e. The number of aromatic nitrogens is 2. The number of aryl methyl sites for hydroxylation is 2. The molecule has 0 bridgehead atoms. The summed E-state index contributed by atoms with van der Waals surface area (Å²) in [7, 11) is 2.00. The molecule has 5 nitrogen and oxygen atoms in total. The molecule has 1 aromatic carbocycles. The summed E-state index contributed by atoms with van der Waals surface area (Å²) in [4.78, 5) is 6.03. The van der Waals surface area contributed by atoms with Crippen LogP contribution in [0.25, 0.3) is 0 Å². The molecule has 0 amide bonds. The normalized spacial score (nSPS) is 12.9. The first kappa shape index (κ1) is 20.4. The maximum absolute atomic E-state index is 4.74. The van der Waals surface area contributed by atoms with Crippen LogP contribution in [0.1, 0.15) is 30.8 Å². The van der Waals surface area contributed by atoms with E-state index in [0.717, 1.165) is 37.7 Å². The fourth-order valence-corrected chi connectivity index (χ4v) is 3.74. The van der Waals surface area contributed by atoms with Crippen LogP contribution in [0.2, 0.25) is 0 Å². The van der Waals surface area contributed by atoms with E-state index in [1.807, 2.05) is 29.6 Å². The number of rotatable bonds is 8. The lowest BCUT2D eigenvalue weighted by Gasteiger charge is -2.13. The van der Waals surface area contributed by atoms with Gasteiger partial charge in [-0.25, -0.2) is 0 Å². The van der Waals surface area contributed by atoms with Crippen molar-refractivity contribution in [1.29, 1.82) is 0 Å². The van der Waals surface area contributed by atoms with Crippen LogP contribution in [0.3, 0.4) is 0 Å². The van der Waals surface area contributed by atoms with Crippen LogP contribution in [0.4, 0.5) is 0 Å². The number of benzene rings is 1. The van der Waals surface area contributed by atoms with Crippen molar-refractivity contribution in [3.8, 4) is 0 Å². The van der Waals surface area contributed by atoms with Crippen molar-refractivity contribution in [2.24, 2.45) is 12.0 Å². The number of guanidine groups is 1. The molecule has 1 heterocycles. The zero-order valence-corrected chi connectivity index (χ0v) is 17.4. The highest BCUT2D eigenvalue weighted by atomic mass is 32.2. The molecule has 2 N–H and O–H groups in total. The highest BCUT2D eigenvalue weighted by molar-refractivity contribution is 8.00. The zero-order chi connectivity index (χ0) is 18.9. The molecule has 0 saturated carbocycles. The van der Waals surface area contributed by atoms with Crippen LogP contribution in [-0.4, -0.2) is 40.6 Å². The lowest BCUT2D eigenvalue weighted by molar-refractivity contribution is 0.729. The Kier molecular flexibility index (Phi) is 8.04. The maximum Gasteiger partial charge on any atom is 0.191 e. The Hall–Kier alpha value is -1.95. The Bertz CT molecular complexity index is 708. The minimum Gasteiger partial charge on any atom is -0.357 e. The lowest BCUT2D eigenvalue weighted by Crippen LogP contribution is -2.38. The topological polar surface area (TPSA) is 54.2 Å². The molecule has 0 spiro atoms. The van der Waals surface area contributed by atoms with Crippen LogP contribution >= 0.6 is 11.8 Å². The molecule has 0 saturated heterocycles. The fourth-order valence-electron chi connectivity index (χ4n) is 2.82. The third kappa shape index (κ3) is 6.09. The first-order chi connectivity index (χ1) is 12.5. The Morgan fingerprint density at radius 2 is 1.96 bits per heavy atom. The summed E-state index contributed by atoms with van der Waals surface area (Å²) in [5.74, 6) is 0.882. The van der Waals surface area contributed by atoms with Gasteiger partial charge in [-0.1, -0.05) is 25.1 Å². The molecule has 1 atom stereocenters. The summed E-state index contributed by atoms with van der Waals surface area (Å²) in [5, 5.41) is 11.7. The Balaban J connectivity index is 1.85. The molecule has 2 rings (SSSR count). The van der Waals surface area contributed by atoms with E-state index in [2.05, 4.69) is 67.7 Å². The van der Waals surface area contributed by atoms with Gasteiger partial charge >= 0.3 is 0 Å². The van der Waals surface area contributed by atoms with E-state index < -0.39 is 0 Å². The standard InChI is InChI=1S/C20H31N5S/c1-6-21-20(22-13-12-19-16(3)24-25(5)17(19)4)23-14-15(2)26-18-10-8-7-9-11-18/h7-11,15H,6,12-14H2,1-5H3,(H2,21,22,23). The van der Waals surface area contributed by atoms with Gasteiger partial charge in [-0.05, 0) is 44.9 Å². The molecule has 0 aliphatic heterocycles. The van der Waals surface area contributed by atoms with E-state index in [4.69, 9.17) is 4.99 Å². The summed E-state index contributed by atoms with van der Waals surface area (Å²) in [5.41, 5.74) is 3.67. The van der Waals surface area contributed by atoms with Gasteiger partial charge in [0.15, 0.2) is 5.96 Å². The van der Waals surface area contributed by atoms with Crippen molar-refractivity contribution in [3.05, 3.63) is 47.3 Å². The smallest absolute Gasteiger partial charge is 0.191 e. The van der Waals surface area contributed by atoms with Crippen molar-refractivity contribution in [3.63, 3.8) is 0 Å². The van der Waals surface area contributed by atoms with Crippen LogP contribution in [0.15, 0.2) is 40.2 Å². The monoisotopic (exact) mass is 373 g/mol. The summed E-state index contributed by atoms with van der Waals surface area (Å²) < 4.78 is 1.95. The van der Waals surface area contributed by atoms with Crippen molar-refractivity contribution in [2.45, 2.75) is 44.3 Å². The summed E-state index contributed by atoms with van der Waals surface area (Å²) in [6.07, 6.45) is 0.949. The molecule has 0 radical (unpaired) electrons. The average Bonchev–Trinajstić information content (AvgIpc) is 2.86. The molecular formula is C20H31N5S. The molecule has 26 heavy (non-hydrogen) atoms. The number of hydrogen-bond acceptors (Lipinski definition) is 3. The summed E-state index contributed by atoms with van der Waals surface area (Å²) in [6, 6.07) is 10.5. The third-order valence-corrected chi connectivity index (χ3v) is 5.35. The molecule has 0 fully saturated rings. The average molecular weight is 374 g/mol. The van der Waals surface area contributed by atoms with Crippen molar-refractivity contribution in [1.82, 2.24) is 20.4 Å². The van der Waals surface area contributed by atoms with E-state index in [9.17, 15) is 0 Å². The van der Waals surface area contributed by atoms with Crippen LogP contribution in [-0.2, 0) is 13.5 Å². The van der Waals surface area contributed by atoms with Gasteiger partial charge in [0.05, 0.1) is 12.2 Å². The first-order valence-electron chi connectivity index (χ1n) is 9.24. The van der Waals surface area contributed by atoms with Crippen molar-refractivity contribution < 1.29 is 0 Å². The van der Waals surface area contributed by atoms with E-state index in [0.29, 0.717) is 5.25 Å². The fraction of sp³-hybridized carbons (Fsp3) is 0.500. The van der Waals surface area contributed by atoms with Crippen molar-refractivity contribution in [2.75, 3.05) is 19.6 Å². The molecule has 1 aromatic heterocycles. The van der Waals surface area contributed by atoms with Gasteiger partial charge in [-0.3, -0.25) is 9.67 Å². The minimum absolute atomic E-state index is 0.427. The van der Waals surface area contributed by atoms with Gasteiger partial charge in [-0.15, -0.1) is 11.8 Å². The molecule has 0 aliphatic rings. The summed E-state index contributed by atoms with van der Waals surface area (Å²) >= 11 is 1.86. The van der Waals surface area contributed by atoms with E-state index in [1.54, 1.807) is 0 Å². The Labute approximate surface area is 161 Å². The predicted molar refractivity (Wildman–Crippen MR) is 112 cm³/mol. The quantitative estimate of drug-likeness (QED) is 0.423. The predicted octanol–water partition coefficient (Wildman–Crippen LogP) is 3.32. The number of nitrogens with one attached hydrogen (secondary N) is 2. The van der Waals surface area contributed by atoms with Gasteiger partial charge in [0, 0.05) is 36.0 Å². The van der Waals surface area contributed by atoms with Crippen LogP contribution in [0, 0.1) is 13.8 Å². The van der Waals surface area contributed by atoms with Crippen LogP contribution in [0.5, 0.6) is 0 Å². The molecule has 6 heteroatoms. The number of thioether (sulfide) groups is 1. The maximum atomic E-state index is 4.74. The zero-order valence-electron chi connectivity index (χ0n) is 16.5. The van der Waals surface area contributed by atoms with E-state index >= 15 is 0 Å². The molecule has 2 aromatic rings. The second kappa shape index (κ2) is 10.3. The Morgan fingerprint density at radius 1 is 1.23 bits per heavy atom. The third-order valence-electron chi connectivity index (χ3n) is 4.26. The minimum atomic E-state index is 0.427. The highest BCUT2D eigenvalue weighted by Crippen LogP contribution is 2.22. The second-order valence-electron chi connectivity index (χ2n) is 6.41. The Morgan fingerprint density at radius 3 is 2.58 bits per heavy atom. The van der Waals surface area contributed by atoms with Gasteiger partial charge in [-0.2, -0.15) is 5.10 Å². The first-order valence-corrected chi connectivity index (χ1v) is 10.1. The van der Waals surface area contributed by atoms with Gasteiger partial charge < -0.3 is 10.6 Å². The molecule has 1 unspecified atom stereocenters. The lowest BCUT2D eigenvalue weighted by atomic mass is 10.1. The van der Waals surface area contributed by atoms with Gasteiger partial charge in [0.25, 0.3) is 0 Å². The van der Waals surface area contributed by atoms with E-state index in [1.165, 1.54) is 16.2 Å².